The van der Waals surface area contributed by atoms with Crippen molar-refractivity contribution in [2.45, 2.75) is 19.4 Å². The summed E-state index contributed by atoms with van der Waals surface area (Å²) in [4.78, 5) is 23.2. The molecule has 1 rings (SSSR count). The van der Waals surface area contributed by atoms with Gasteiger partial charge >= 0.3 is 5.97 Å². The zero-order valence-electron chi connectivity index (χ0n) is 11.9. The van der Waals surface area contributed by atoms with Gasteiger partial charge in [-0.1, -0.05) is 6.07 Å². The number of ether oxygens (including phenoxy) is 2. The third-order valence-electron chi connectivity index (χ3n) is 2.71. The van der Waals surface area contributed by atoms with Crippen LogP contribution in [-0.4, -0.2) is 43.3 Å². The van der Waals surface area contributed by atoms with Crippen molar-refractivity contribution < 1.29 is 28.6 Å². The highest BCUT2D eigenvalue weighted by atomic mass is 19.1. The second-order valence-corrected chi connectivity index (χ2v) is 4.20. The first-order valence-corrected chi connectivity index (χ1v) is 6.45. The van der Waals surface area contributed by atoms with Crippen molar-refractivity contribution >= 4 is 11.9 Å². The first kappa shape index (κ1) is 16.9. The third kappa shape index (κ3) is 4.71. The molecular weight excluding hydrogens is 281 g/mol. The molecule has 7 heteroatoms. The van der Waals surface area contributed by atoms with E-state index in [0.29, 0.717) is 0 Å². The molecule has 1 unspecified atom stereocenters. The van der Waals surface area contributed by atoms with Gasteiger partial charge in [0.25, 0.3) is 5.91 Å². The van der Waals surface area contributed by atoms with Gasteiger partial charge in [-0.05, 0) is 19.1 Å². The fourth-order valence-corrected chi connectivity index (χ4v) is 1.71. The Morgan fingerprint density at radius 1 is 1.43 bits per heavy atom. The number of methoxy groups -OCH3 is 1. The summed E-state index contributed by atoms with van der Waals surface area (Å²) in [5.41, 5.74) is -0.0412. The molecule has 0 heterocycles. The second-order valence-electron chi connectivity index (χ2n) is 4.20. The number of carbonyl (C=O) groups is 2. The van der Waals surface area contributed by atoms with Crippen LogP contribution in [0.25, 0.3) is 0 Å². The summed E-state index contributed by atoms with van der Waals surface area (Å²) >= 11 is 0. The van der Waals surface area contributed by atoms with Crippen LogP contribution in [0.3, 0.4) is 0 Å². The predicted molar refractivity (Wildman–Crippen MR) is 73.0 cm³/mol. The van der Waals surface area contributed by atoms with Gasteiger partial charge in [0.05, 0.1) is 12.2 Å². The van der Waals surface area contributed by atoms with Crippen molar-refractivity contribution in [3.8, 4) is 5.75 Å². The number of hydrogen-bond donors (Lipinski definition) is 2. The van der Waals surface area contributed by atoms with Gasteiger partial charge in [0.1, 0.15) is 6.04 Å². The molecule has 0 saturated heterocycles. The number of carboxylic acid groups (broad SMARTS) is 1. The minimum atomic E-state index is -1.19. The van der Waals surface area contributed by atoms with Crippen molar-refractivity contribution in [3.63, 3.8) is 0 Å². The van der Waals surface area contributed by atoms with Gasteiger partial charge in [0.15, 0.2) is 11.6 Å². The lowest BCUT2D eigenvalue weighted by Gasteiger charge is -2.16. The lowest BCUT2D eigenvalue weighted by atomic mass is 10.1. The molecule has 2 N–H and O–H groups in total. The molecule has 0 aliphatic heterocycles. The molecule has 1 amide bonds. The highest BCUT2D eigenvalue weighted by Crippen LogP contribution is 2.22. The van der Waals surface area contributed by atoms with Crippen molar-refractivity contribution in [1.82, 2.24) is 5.32 Å². The van der Waals surface area contributed by atoms with Crippen LogP contribution in [0.1, 0.15) is 23.7 Å². The Bertz CT molecular complexity index is 506. The number of carboxylic acids is 1. The molecule has 21 heavy (non-hydrogen) atoms. The number of rotatable bonds is 8. The van der Waals surface area contributed by atoms with E-state index in [1.54, 1.807) is 6.92 Å². The van der Waals surface area contributed by atoms with Crippen LogP contribution < -0.4 is 10.1 Å². The van der Waals surface area contributed by atoms with Crippen molar-refractivity contribution in [1.29, 1.82) is 0 Å². The van der Waals surface area contributed by atoms with Gasteiger partial charge in [-0.15, -0.1) is 0 Å². The monoisotopic (exact) mass is 299 g/mol. The fraction of sp³-hybridized carbons (Fsp3) is 0.429. The number of benzene rings is 1. The van der Waals surface area contributed by atoms with Crippen LogP contribution in [0.2, 0.25) is 0 Å². The second kappa shape index (κ2) is 8.21. The largest absolute Gasteiger partial charge is 0.490 e. The molecular formula is C14H18FNO5. The highest BCUT2D eigenvalue weighted by Gasteiger charge is 2.23. The third-order valence-corrected chi connectivity index (χ3v) is 2.71. The molecule has 0 radical (unpaired) electrons. The summed E-state index contributed by atoms with van der Waals surface area (Å²) in [6.45, 7) is 2.03. The van der Waals surface area contributed by atoms with E-state index in [-0.39, 0.29) is 30.9 Å². The van der Waals surface area contributed by atoms with E-state index < -0.39 is 23.7 Å². The maximum atomic E-state index is 13.7. The SMILES string of the molecule is CCOc1c(F)cccc1C(=O)NC(CCOC)C(=O)O. The van der Waals surface area contributed by atoms with E-state index in [1.807, 2.05) is 0 Å². The number of halogens is 1. The number of hydrogen-bond acceptors (Lipinski definition) is 4. The molecule has 0 aliphatic rings. The quantitative estimate of drug-likeness (QED) is 0.759. The van der Waals surface area contributed by atoms with Gasteiger partial charge < -0.3 is 19.9 Å². The molecule has 1 atom stereocenters. The Labute approximate surface area is 121 Å². The summed E-state index contributed by atoms with van der Waals surface area (Å²) < 4.78 is 23.6. The van der Waals surface area contributed by atoms with Gasteiger partial charge in [-0.2, -0.15) is 0 Å². The molecule has 1 aromatic carbocycles. The van der Waals surface area contributed by atoms with Crippen LogP contribution in [0, 0.1) is 5.82 Å². The number of para-hydroxylation sites is 1. The maximum Gasteiger partial charge on any atom is 0.326 e. The minimum Gasteiger partial charge on any atom is -0.490 e. The fourth-order valence-electron chi connectivity index (χ4n) is 1.71. The van der Waals surface area contributed by atoms with Crippen LogP contribution >= 0.6 is 0 Å². The van der Waals surface area contributed by atoms with E-state index >= 15 is 0 Å². The normalized spacial score (nSPS) is 11.8. The van der Waals surface area contributed by atoms with Crippen molar-refractivity contribution in [3.05, 3.63) is 29.6 Å². The number of amides is 1. The summed E-state index contributed by atoms with van der Waals surface area (Å²) in [5, 5.41) is 11.4. The van der Waals surface area contributed by atoms with Gasteiger partial charge in [0.2, 0.25) is 0 Å². The van der Waals surface area contributed by atoms with E-state index in [4.69, 9.17) is 14.6 Å². The summed E-state index contributed by atoms with van der Waals surface area (Å²) in [5.74, 6) is -2.75. The first-order valence-electron chi connectivity index (χ1n) is 6.45. The highest BCUT2D eigenvalue weighted by molar-refractivity contribution is 5.99. The van der Waals surface area contributed by atoms with Gasteiger partial charge in [-0.25, -0.2) is 9.18 Å². The van der Waals surface area contributed by atoms with Crippen molar-refractivity contribution in [2.24, 2.45) is 0 Å². The van der Waals surface area contributed by atoms with Crippen LogP contribution in [-0.2, 0) is 9.53 Å². The molecule has 0 spiro atoms. The lowest BCUT2D eigenvalue weighted by Crippen LogP contribution is -2.41. The van der Waals surface area contributed by atoms with Crippen LogP contribution in [0.15, 0.2) is 18.2 Å². The Morgan fingerprint density at radius 2 is 2.14 bits per heavy atom. The maximum absolute atomic E-state index is 13.7. The van der Waals surface area contributed by atoms with E-state index in [9.17, 15) is 14.0 Å². The van der Waals surface area contributed by atoms with E-state index in [1.165, 1.54) is 25.3 Å². The molecule has 0 bridgehead atoms. The zero-order valence-corrected chi connectivity index (χ0v) is 11.9. The lowest BCUT2D eigenvalue weighted by molar-refractivity contribution is -0.139. The smallest absolute Gasteiger partial charge is 0.326 e. The van der Waals surface area contributed by atoms with Crippen molar-refractivity contribution in [2.75, 3.05) is 20.3 Å². The Hall–Kier alpha value is -2.15. The Morgan fingerprint density at radius 3 is 2.71 bits per heavy atom. The molecule has 116 valence electrons. The topological polar surface area (TPSA) is 84.9 Å². The molecule has 1 aromatic rings. The Balaban J connectivity index is 2.92. The zero-order chi connectivity index (χ0) is 15.8. The summed E-state index contributed by atoms with van der Waals surface area (Å²) in [7, 11) is 1.43. The standard InChI is InChI=1S/C14H18FNO5/c1-3-21-12-9(5-4-6-10(12)15)13(17)16-11(14(18)19)7-8-20-2/h4-6,11H,3,7-8H2,1-2H3,(H,16,17)(H,18,19). The molecule has 0 aliphatic carbocycles. The average molecular weight is 299 g/mol. The summed E-state index contributed by atoms with van der Waals surface area (Å²) in [6, 6.07) is 2.78. The molecule has 6 nitrogen and oxygen atoms in total. The van der Waals surface area contributed by atoms with Crippen LogP contribution in [0.5, 0.6) is 5.75 Å². The van der Waals surface area contributed by atoms with E-state index in [2.05, 4.69) is 5.32 Å². The minimum absolute atomic E-state index is 0.0412. The number of aliphatic carboxylic acids is 1. The molecule has 0 saturated carbocycles. The summed E-state index contributed by atoms with van der Waals surface area (Å²) in [6.07, 6.45) is 0.108. The van der Waals surface area contributed by atoms with Gasteiger partial charge in [0, 0.05) is 20.1 Å². The predicted octanol–water partition coefficient (Wildman–Crippen LogP) is 1.44. The number of carbonyl (C=O) groups excluding carboxylic acids is 1. The van der Waals surface area contributed by atoms with Gasteiger partial charge in [-0.3, -0.25) is 4.79 Å². The average Bonchev–Trinajstić information content (AvgIpc) is 2.45. The Kier molecular flexibility index (Phi) is 6.61. The first-order chi connectivity index (χ1) is 10.0. The number of nitrogens with one attached hydrogen (secondary N) is 1. The molecule has 0 aromatic heterocycles. The van der Waals surface area contributed by atoms with E-state index in [0.717, 1.165) is 0 Å². The molecule has 0 fully saturated rings. The van der Waals surface area contributed by atoms with Crippen LogP contribution in [0.4, 0.5) is 4.39 Å².